The molecule has 1 aliphatic heterocycles. The Balaban J connectivity index is 1.68. The molecule has 1 aromatic heterocycles. The molecule has 2 atom stereocenters. The summed E-state index contributed by atoms with van der Waals surface area (Å²) in [5.74, 6) is 1.37. The van der Waals surface area contributed by atoms with Gasteiger partial charge in [-0.3, -0.25) is 9.88 Å². The summed E-state index contributed by atoms with van der Waals surface area (Å²) >= 11 is 0. The second kappa shape index (κ2) is 8.65. The van der Waals surface area contributed by atoms with E-state index in [9.17, 15) is 5.26 Å². The van der Waals surface area contributed by atoms with Crippen LogP contribution >= 0.6 is 0 Å². The van der Waals surface area contributed by atoms with E-state index in [1.54, 1.807) is 26.6 Å². The molecule has 0 N–H and O–H groups in total. The van der Waals surface area contributed by atoms with Crippen LogP contribution in [-0.2, 0) is 11.3 Å². The quantitative estimate of drug-likeness (QED) is 0.762. The van der Waals surface area contributed by atoms with Gasteiger partial charge in [0.2, 0.25) is 0 Å². The minimum Gasteiger partial charge on any atom is -0.495 e. The first-order valence-corrected chi connectivity index (χ1v) is 8.60. The number of hydrogen-bond donors (Lipinski definition) is 0. The van der Waals surface area contributed by atoms with E-state index in [-0.39, 0.29) is 12.1 Å². The van der Waals surface area contributed by atoms with Crippen LogP contribution in [0.1, 0.15) is 17.5 Å². The molecule has 0 bridgehead atoms. The number of benzene rings is 1. The number of aromatic nitrogens is 1. The number of likely N-dealkylation sites (tertiary alicyclic amines) is 1. The summed E-state index contributed by atoms with van der Waals surface area (Å²) in [6.45, 7) is 2.15. The Kier molecular flexibility index (Phi) is 6.05. The Hall–Kier alpha value is -2.62. The standard InChI is InChI=1S/C20H23N3O3/c1-24-19-9-17(14-26-18-4-3-7-22-11-18)23(13-19)12-15-5-6-20(25-2)16(8-15)10-21/h3-8,11,17,19H,9,12-14H2,1-2H3/t17-,19+/m0/s1. The molecule has 2 heterocycles. The summed E-state index contributed by atoms with van der Waals surface area (Å²) in [6, 6.07) is 11.9. The van der Waals surface area contributed by atoms with E-state index >= 15 is 0 Å². The number of pyridine rings is 1. The van der Waals surface area contributed by atoms with Crippen molar-refractivity contribution in [1.29, 1.82) is 5.26 Å². The Morgan fingerprint density at radius 1 is 1.31 bits per heavy atom. The monoisotopic (exact) mass is 353 g/mol. The van der Waals surface area contributed by atoms with Crippen LogP contribution in [0, 0.1) is 11.3 Å². The molecule has 6 nitrogen and oxygen atoms in total. The molecule has 3 rings (SSSR count). The highest BCUT2D eigenvalue weighted by Crippen LogP contribution is 2.25. The minimum absolute atomic E-state index is 0.186. The van der Waals surface area contributed by atoms with Crippen molar-refractivity contribution in [3.63, 3.8) is 0 Å². The predicted molar refractivity (Wildman–Crippen MR) is 97.1 cm³/mol. The first kappa shape index (κ1) is 18.2. The van der Waals surface area contributed by atoms with E-state index < -0.39 is 0 Å². The van der Waals surface area contributed by atoms with Crippen LogP contribution in [0.15, 0.2) is 42.7 Å². The average molecular weight is 353 g/mol. The summed E-state index contributed by atoms with van der Waals surface area (Å²) in [6.07, 6.45) is 4.55. The van der Waals surface area contributed by atoms with Gasteiger partial charge in [0.1, 0.15) is 24.2 Å². The summed E-state index contributed by atoms with van der Waals surface area (Å²) in [5.41, 5.74) is 1.63. The van der Waals surface area contributed by atoms with Crippen molar-refractivity contribution in [1.82, 2.24) is 9.88 Å². The van der Waals surface area contributed by atoms with Crippen molar-refractivity contribution >= 4 is 0 Å². The first-order chi connectivity index (χ1) is 12.7. The van der Waals surface area contributed by atoms with Crippen molar-refractivity contribution in [2.45, 2.75) is 25.1 Å². The zero-order valence-corrected chi connectivity index (χ0v) is 15.1. The molecule has 0 aliphatic carbocycles. The lowest BCUT2D eigenvalue weighted by Gasteiger charge is -2.24. The maximum atomic E-state index is 9.29. The third kappa shape index (κ3) is 4.31. The highest BCUT2D eigenvalue weighted by Gasteiger charge is 2.32. The minimum atomic E-state index is 0.186. The van der Waals surface area contributed by atoms with Gasteiger partial charge in [-0.25, -0.2) is 0 Å². The van der Waals surface area contributed by atoms with Crippen molar-refractivity contribution in [2.24, 2.45) is 0 Å². The van der Waals surface area contributed by atoms with E-state index in [4.69, 9.17) is 14.2 Å². The molecule has 6 heteroatoms. The fourth-order valence-electron chi connectivity index (χ4n) is 3.28. The molecule has 0 spiro atoms. The van der Waals surface area contributed by atoms with Crippen LogP contribution in [0.4, 0.5) is 0 Å². The van der Waals surface area contributed by atoms with Gasteiger partial charge in [0.05, 0.1) is 25.0 Å². The van der Waals surface area contributed by atoms with Gasteiger partial charge in [-0.2, -0.15) is 5.26 Å². The van der Waals surface area contributed by atoms with Crippen molar-refractivity contribution in [3.8, 4) is 17.6 Å². The van der Waals surface area contributed by atoms with Crippen molar-refractivity contribution < 1.29 is 14.2 Å². The fourth-order valence-corrected chi connectivity index (χ4v) is 3.28. The average Bonchev–Trinajstić information content (AvgIpc) is 3.09. The Bertz CT molecular complexity index is 761. The van der Waals surface area contributed by atoms with Crippen LogP contribution in [0.2, 0.25) is 0 Å². The Morgan fingerprint density at radius 2 is 2.19 bits per heavy atom. The smallest absolute Gasteiger partial charge is 0.137 e. The molecular weight excluding hydrogens is 330 g/mol. The summed E-state index contributed by atoms with van der Waals surface area (Å²) < 4.78 is 16.7. The van der Waals surface area contributed by atoms with Crippen LogP contribution < -0.4 is 9.47 Å². The van der Waals surface area contributed by atoms with Gasteiger partial charge in [-0.15, -0.1) is 0 Å². The topological polar surface area (TPSA) is 67.6 Å². The van der Waals surface area contributed by atoms with E-state index in [1.807, 2.05) is 30.3 Å². The van der Waals surface area contributed by atoms with Gasteiger partial charge in [0, 0.05) is 32.4 Å². The molecule has 0 amide bonds. The molecule has 1 aromatic carbocycles. The lowest BCUT2D eigenvalue weighted by Crippen LogP contribution is -2.34. The number of nitriles is 1. The number of hydrogen-bond acceptors (Lipinski definition) is 6. The van der Waals surface area contributed by atoms with Gasteiger partial charge in [0.25, 0.3) is 0 Å². The summed E-state index contributed by atoms with van der Waals surface area (Å²) in [5, 5.41) is 9.29. The molecule has 136 valence electrons. The second-order valence-corrected chi connectivity index (χ2v) is 6.32. The molecule has 26 heavy (non-hydrogen) atoms. The maximum absolute atomic E-state index is 9.29. The largest absolute Gasteiger partial charge is 0.495 e. The molecule has 0 radical (unpaired) electrons. The van der Waals surface area contributed by atoms with Crippen molar-refractivity contribution in [2.75, 3.05) is 27.4 Å². The van der Waals surface area contributed by atoms with Gasteiger partial charge >= 0.3 is 0 Å². The van der Waals surface area contributed by atoms with E-state index in [0.29, 0.717) is 17.9 Å². The summed E-state index contributed by atoms with van der Waals surface area (Å²) in [4.78, 5) is 6.42. The fraction of sp³-hybridized carbons (Fsp3) is 0.400. The SMILES string of the molecule is COc1ccc(CN2C[C@H](OC)C[C@H]2COc2cccnc2)cc1C#N. The lowest BCUT2D eigenvalue weighted by atomic mass is 10.1. The third-order valence-electron chi connectivity index (χ3n) is 4.67. The van der Waals surface area contributed by atoms with Crippen molar-refractivity contribution in [3.05, 3.63) is 53.9 Å². The molecule has 1 fully saturated rings. The normalized spacial score (nSPS) is 19.9. The number of ether oxygens (including phenoxy) is 3. The zero-order chi connectivity index (χ0) is 18.4. The Labute approximate surface area is 153 Å². The molecule has 1 saturated heterocycles. The predicted octanol–water partition coefficient (Wildman–Crippen LogP) is 2.63. The van der Waals surface area contributed by atoms with Crippen LogP contribution in [0.3, 0.4) is 0 Å². The van der Waals surface area contributed by atoms with Gasteiger partial charge in [-0.1, -0.05) is 6.07 Å². The molecule has 0 saturated carbocycles. The molecule has 0 unspecified atom stereocenters. The second-order valence-electron chi connectivity index (χ2n) is 6.32. The van der Waals surface area contributed by atoms with Crippen LogP contribution in [0.25, 0.3) is 0 Å². The van der Waals surface area contributed by atoms with E-state index in [1.165, 1.54) is 0 Å². The number of nitrogens with zero attached hydrogens (tertiary/aromatic N) is 3. The van der Waals surface area contributed by atoms with E-state index in [2.05, 4.69) is 16.0 Å². The maximum Gasteiger partial charge on any atom is 0.137 e. The summed E-state index contributed by atoms with van der Waals surface area (Å²) in [7, 11) is 3.32. The molecular formula is C20H23N3O3. The highest BCUT2D eigenvalue weighted by atomic mass is 16.5. The van der Waals surface area contributed by atoms with Gasteiger partial charge in [-0.05, 0) is 36.2 Å². The zero-order valence-electron chi connectivity index (χ0n) is 15.1. The lowest BCUT2D eigenvalue weighted by molar-refractivity contribution is 0.107. The van der Waals surface area contributed by atoms with Gasteiger partial charge in [0.15, 0.2) is 0 Å². The first-order valence-electron chi connectivity index (χ1n) is 8.60. The number of rotatable bonds is 7. The van der Waals surface area contributed by atoms with E-state index in [0.717, 1.165) is 30.8 Å². The third-order valence-corrected chi connectivity index (χ3v) is 4.67. The van der Waals surface area contributed by atoms with Gasteiger partial charge < -0.3 is 14.2 Å². The van der Waals surface area contributed by atoms with Crippen LogP contribution in [0.5, 0.6) is 11.5 Å². The highest BCUT2D eigenvalue weighted by molar-refractivity contribution is 5.45. The van der Waals surface area contributed by atoms with Crippen LogP contribution in [-0.4, -0.2) is 49.4 Å². The molecule has 2 aromatic rings. The Morgan fingerprint density at radius 3 is 2.88 bits per heavy atom. The number of methoxy groups -OCH3 is 2. The molecule has 1 aliphatic rings.